The van der Waals surface area contributed by atoms with Gasteiger partial charge in [0.25, 0.3) is 0 Å². The summed E-state index contributed by atoms with van der Waals surface area (Å²) in [7, 11) is 0. The number of amides is 2. The molecule has 2 saturated carbocycles. The number of rotatable bonds is 8. The number of likely N-dealkylation sites (tertiary alicyclic amines) is 1. The van der Waals surface area contributed by atoms with E-state index >= 15 is 0 Å². The van der Waals surface area contributed by atoms with Crippen molar-refractivity contribution in [3.8, 4) is 11.5 Å². The molecule has 1 aromatic carbocycles. The summed E-state index contributed by atoms with van der Waals surface area (Å²) in [5.74, 6) is -0.381. The molecule has 3 aliphatic rings. The highest BCUT2D eigenvalue weighted by Crippen LogP contribution is 2.66. The molecule has 4 rings (SSSR count). The van der Waals surface area contributed by atoms with Gasteiger partial charge in [-0.3, -0.25) is 9.59 Å². The summed E-state index contributed by atoms with van der Waals surface area (Å²) < 4.78 is 6.05. The Morgan fingerprint density at radius 3 is 2.38 bits per heavy atom. The summed E-state index contributed by atoms with van der Waals surface area (Å²) in [4.78, 5) is 37.8. The summed E-state index contributed by atoms with van der Waals surface area (Å²) in [5, 5.41) is 27.2. The molecule has 6 atom stereocenters. The van der Waals surface area contributed by atoms with Crippen LogP contribution in [0.5, 0.6) is 11.5 Å². The fraction of sp³-hybridized carbons (Fsp3) is 0.700. The molecule has 3 fully saturated rings. The standard InChI is InChI=1S/C21H35NO3.C9H11NO4/c1-6-14(2)12-18(23)22-11-7-8-16(22)19(24)25-17-13-15-9-10-21(17,5)20(15,3)4;10-9(14)8(13)4-5-1-2-6(11)7(12)3-5/h14-17H,6-13H2,1-5H3;1-3,8,11-13H,4H2,(H2,10,14). The minimum absolute atomic E-state index is 0.0147. The van der Waals surface area contributed by atoms with Crippen molar-refractivity contribution in [2.75, 3.05) is 6.54 Å². The summed E-state index contributed by atoms with van der Waals surface area (Å²) in [6, 6.07) is 3.67. The van der Waals surface area contributed by atoms with E-state index in [-0.39, 0.29) is 52.8 Å². The van der Waals surface area contributed by atoms with Crippen LogP contribution in [0.25, 0.3) is 0 Å². The molecule has 2 aliphatic carbocycles. The van der Waals surface area contributed by atoms with E-state index in [1.54, 1.807) is 4.90 Å². The molecule has 218 valence electrons. The summed E-state index contributed by atoms with van der Waals surface area (Å²) >= 11 is 0. The highest BCUT2D eigenvalue weighted by Gasteiger charge is 2.63. The van der Waals surface area contributed by atoms with Crippen molar-refractivity contribution in [2.24, 2.45) is 28.4 Å². The van der Waals surface area contributed by atoms with Gasteiger partial charge >= 0.3 is 5.97 Å². The van der Waals surface area contributed by atoms with Crippen LogP contribution in [0.4, 0.5) is 0 Å². The predicted molar refractivity (Wildman–Crippen MR) is 147 cm³/mol. The first-order valence-corrected chi connectivity index (χ1v) is 14.2. The molecule has 1 heterocycles. The molecule has 1 saturated heterocycles. The Labute approximate surface area is 231 Å². The fourth-order valence-electron chi connectivity index (χ4n) is 6.42. The maximum absolute atomic E-state index is 12.9. The van der Waals surface area contributed by atoms with Gasteiger partial charge in [0.05, 0.1) is 0 Å². The fourth-order valence-corrected chi connectivity index (χ4v) is 6.42. The predicted octanol–water partition coefficient (Wildman–Crippen LogP) is 3.66. The average molecular weight is 547 g/mol. The van der Waals surface area contributed by atoms with Crippen LogP contribution >= 0.6 is 0 Å². The second-order valence-electron chi connectivity index (χ2n) is 12.4. The quantitative estimate of drug-likeness (QED) is 0.287. The Morgan fingerprint density at radius 2 is 1.85 bits per heavy atom. The summed E-state index contributed by atoms with van der Waals surface area (Å²) in [6.45, 7) is 11.8. The molecule has 1 aliphatic heterocycles. The Bertz CT molecular complexity index is 1060. The molecule has 0 radical (unpaired) electrons. The molecule has 39 heavy (non-hydrogen) atoms. The van der Waals surface area contributed by atoms with Crippen molar-refractivity contribution >= 4 is 17.8 Å². The minimum Gasteiger partial charge on any atom is -0.504 e. The highest BCUT2D eigenvalue weighted by atomic mass is 16.5. The first-order chi connectivity index (χ1) is 18.2. The zero-order chi connectivity index (χ0) is 29.1. The zero-order valence-electron chi connectivity index (χ0n) is 24.0. The Balaban J connectivity index is 0.000000255. The van der Waals surface area contributed by atoms with E-state index in [1.165, 1.54) is 24.6 Å². The van der Waals surface area contributed by atoms with Gasteiger partial charge in [0.15, 0.2) is 11.5 Å². The van der Waals surface area contributed by atoms with Crippen LogP contribution in [0.1, 0.15) is 85.1 Å². The van der Waals surface area contributed by atoms with E-state index in [2.05, 4.69) is 34.6 Å². The molecule has 9 heteroatoms. The summed E-state index contributed by atoms with van der Waals surface area (Å²) in [6.07, 6.45) is 5.32. The van der Waals surface area contributed by atoms with Crippen LogP contribution in [0.15, 0.2) is 18.2 Å². The van der Waals surface area contributed by atoms with Crippen molar-refractivity contribution in [3.05, 3.63) is 23.8 Å². The largest absolute Gasteiger partial charge is 0.504 e. The van der Waals surface area contributed by atoms with Crippen LogP contribution in [0.2, 0.25) is 0 Å². The number of phenols is 2. The van der Waals surface area contributed by atoms with E-state index in [0.29, 0.717) is 30.4 Å². The van der Waals surface area contributed by atoms with Crippen molar-refractivity contribution in [2.45, 2.75) is 104 Å². The Hall–Kier alpha value is -2.81. The lowest BCUT2D eigenvalue weighted by molar-refractivity contribution is -0.165. The number of carbonyl (C=O) groups is 3. The number of benzene rings is 1. The third-order valence-corrected chi connectivity index (χ3v) is 9.83. The van der Waals surface area contributed by atoms with Crippen molar-refractivity contribution in [1.82, 2.24) is 4.90 Å². The zero-order valence-corrected chi connectivity index (χ0v) is 24.0. The van der Waals surface area contributed by atoms with Crippen molar-refractivity contribution in [3.63, 3.8) is 0 Å². The van der Waals surface area contributed by atoms with E-state index < -0.39 is 12.0 Å². The molecule has 5 N–H and O–H groups in total. The van der Waals surface area contributed by atoms with E-state index in [4.69, 9.17) is 25.8 Å². The average Bonchev–Trinajstić information content (AvgIpc) is 3.50. The minimum atomic E-state index is -1.28. The molecule has 9 nitrogen and oxygen atoms in total. The second kappa shape index (κ2) is 12.1. The Kier molecular flexibility index (Phi) is 9.57. The number of aliphatic hydroxyl groups excluding tert-OH is 1. The van der Waals surface area contributed by atoms with Gasteiger partial charge in [-0.1, -0.05) is 47.1 Å². The highest BCUT2D eigenvalue weighted by molar-refractivity contribution is 5.85. The lowest BCUT2D eigenvalue weighted by atomic mass is 9.70. The van der Waals surface area contributed by atoms with Crippen LogP contribution in [0.3, 0.4) is 0 Å². The number of carbonyl (C=O) groups excluding carboxylic acids is 3. The number of hydrogen-bond acceptors (Lipinski definition) is 7. The maximum Gasteiger partial charge on any atom is 0.329 e. The van der Waals surface area contributed by atoms with Crippen LogP contribution in [-0.4, -0.2) is 62.8 Å². The lowest BCUT2D eigenvalue weighted by Crippen LogP contribution is -2.45. The molecule has 0 aromatic heterocycles. The van der Waals surface area contributed by atoms with Gasteiger partial charge in [-0.2, -0.15) is 0 Å². The summed E-state index contributed by atoms with van der Waals surface area (Å²) in [5.41, 5.74) is 5.69. The Morgan fingerprint density at radius 1 is 1.15 bits per heavy atom. The molecule has 1 aromatic rings. The molecular weight excluding hydrogens is 500 g/mol. The molecule has 2 bridgehead atoms. The van der Waals surface area contributed by atoms with Crippen LogP contribution in [0, 0.1) is 22.7 Å². The third-order valence-electron chi connectivity index (χ3n) is 9.83. The number of nitrogens with zero attached hydrogens (tertiary/aromatic N) is 1. The van der Waals surface area contributed by atoms with Crippen molar-refractivity contribution in [1.29, 1.82) is 0 Å². The third kappa shape index (κ3) is 6.51. The van der Waals surface area contributed by atoms with Gasteiger partial charge in [0.2, 0.25) is 11.8 Å². The van der Waals surface area contributed by atoms with Gasteiger partial charge in [-0.25, -0.2) is 4.79 Å². The maximum atomic E-state index is 12.9. The van der Waals surface area contributed by atoms with Gasteiger partial charge in [0, 0.05) is 24.8 Å². The van der Waals surface area contributed by atoms with E-state index in [9.17, 15) is 14.4 Å². The van der Waals surface area contributed by atoms with Crippen LogP contribution < -0.4 is 5.73 Å². The second-order valence-corrected chi connectivity index (χ2v) is 12.4. The lowest BCUT2D eigenvalue weighted by Gasteiger charge is -2.39. The molecule has 0 spiro atoms. The SMILES string of the molecule is CCC(C)CC(=O)N1CCCC1C(=O)OC1CC2CCC1(C)C2(C)C.NC(=O)C(O)Cc1ccc(O)c(O)c1. The van der Waals surface area contributed by atoms with E-state index in [1.807, 2.05) is 0 Å². The van der Waals surface area contributed by atoms with Gasteiger partial charge in [-0.15, -0.1) is 0 Å². The molecule has 2 amide bonds. The first-order valence-electron chi connectivity index (χ1n) is 14.2. The van der Waals surface area contributed by atoms with E-state index in [0.717, 1.165) is 32.1 Å². The number of primary amides is 1. The van der Waals surface area contributed by atoms with Gasteiger partial charge in [0.1, 0.15) is 18.2 Å². The van der Waals surface area contributed by atoms with Crippen molar-refractivity contribution < 1.29 is 34.4 Å². The number of fused-ring (bicyclic) bond motifs is 2. The van der Waals surface area contributed by atoms with Gasteiger partial charge < -0.3 is 30.7 Å². The number of nitrogens with two attached hydrogens (primary N) is 1. The monoisotopic (exact) mass is 546 g/mol. The smallest absolute Gasteiger partial charge is 0.329 e. The first kappa shape index (κ1) is 30.7. The number of esters is 1. The molecule has 6 unspecified atom stereocenters. The topological polar surface area (TPSA) is 150 Å². The number of phenolic OH excluding ortho intramolecular Hbond substituents is 2. The number of aliphatic hydroxyl groups is 1. The number of hydrogen-bond donors (Lipinski definition) is 4. The van der Waals surface area contributed by atoms with Crippen LogP contribution in [-0.2, 0) is 25.5 Å². The number of aromatic hydroxyl groups is 2. The number of ether oxygens (including phenoxy) is 1. The van der Waals surface area contributed by atoms with Gasteiger partial charge in [-0.05, 0) is 67.1 Å². The molecular formula is C30H46N2O7. The normalized spacial score (nSPS) is 28.4.